The van der Waals surface area contributed by atoms with Crippen molar-refractivity contribution < 1.29 is 19.5 Å². The summed E-state index contributed by atoms with van der Waals surface area (Å²) in [5.74, 6) is -1.34. The lowest BCUT2D eigenvalue weighted by Crippen LogP contribution is -2.53. The zero-order valence-corrected chi connectivity index (χ0v) is 21.9. The van der Waals surface area contributed by atoms with Gasteiger partial charge in [0.2, 0.25) is 11.8 Å². The van der Waals surface area contributed by atoms with Crippen LogP contribution in [0.4, 0.5) is 0 Å². The van der Waals surface area contributed by atoms with E-state index >= 15 is 0 Å². The number of rotatable bonds is 9. The van der Waals surface area contributed by atoms with Crippen molar-refractivity contribution in [1.29, 1.82) is 0 Å². The molecular formula is C25H49N3O4. The zero-order chi connectivity index (χ0) is 25.1. The predicted octanol–water partition coefficient (Wildman–Crippen LogP) is 4.47. The molecule has 0 aromatic carbocycles. The Hall–Kier alpha value is -1.89. The van der Waals surface area contributed by atoms with Crippen LogP contribution < -0.4 is 5.32 Å². The maximum absolute atomic E-state index is 12.5. The van der Waals surface area contributed by atoms with Gasteiger partial charge in [-0.2, -0.15) is 0 Å². The average Bonchev–Trinajstić information content (AvgIpc) is 2.80. The van der Waals surface area contributed by atoms with E-state index in [0.29, 0.717) is 6.04 Å². The first-order valence-corrected chi connectivity index (χ1v) is 12.3. The first-order chi connectivity index (χ1) is 15.1. The van der Waals surface area contributed by atoms with Crippen molar-refractivity contribution in [3.8, 4) is 0 Å². The Balaban J connectivity index is 0. The number of unbranched alkanes of at least 4 members (excludes halogenated alkanes) is 1. The van der Waals surface area contributed by atoms with Crippen LogP contribution in [0.5, 0.6) is 0 Å². The molecule has 1 heterocycles. The number of hydrogen-bond donors (Lipinski definition) is 2. The van der Waals surface area contributed by atoms with E-state index in [1.807, 2.05) is 0 Å². The Morgan fingerprint density at radius 1 is 1.12 bits per heavy atom. The van der Waals surface area contributed by atoms with Gasteiger partial charge in [-0.25, -0.2) is 4.79 Å². The minimum Gasteiger partial charge on any atom is -0.478 e. The summed E-state index contributed by atoms with van der Waals surface area (Å²) in [5.41, 5.74) is 0.190. The van der Waals surface area contributed by atoms with Gasteiger partial charge < -0.3 is 15.3 Å². The molecule has 2 unspecified atom stereocenters. The van der Waals surface area contributed by atoms with Gasteiger partial charge in [-0.05, 0) is 39.7 Å². The van der Waals surface area contributed by atoms with Crippen LogP contribution in [0.25, 0.3) is 0 Å². The van der Waals surface area contributed by atoms with Gasteiger partial charge in [-0.15, -0.1) is 0 Å². The molecule has 2 amide bonds. The van der Waals surface area contributed by atoms with Crippen LogP contribution in [0.1, 0.15) is 93.4 Å². The zero-order valence-electron chi connectivity index (χ0n) is 21.9. The molecule has 0 aliphatic carbocycles. The number of likely N-dealkylation sites (tertiary alicyclic amines) is 1. The van der Waals surface area contributed by atoms with Crippen molar-refractivity contribution >= 4 is 17.8 Å². The molecule has 2 N–H and O–H groups in total. The molecular weight excluding hydrogens is 406 g/mol. The Labute approximate surface area is 196 Å². The third-order valence-corrected chi connectivity index (χ3v) is 5.35. The van der Waals surface area contributed by atoms with E-state index in [0.717, 1.165) is 32.2 Å². The molecule has 7 heteroatoms. The van der Waals surface area contributed by atoms with Gasteiger partial charge in [0.05, 0.1) is 12.6 Å². The highest BCUT2D eigenvalue weighted by molar-refractivity contribution is 5.88. The standard InChI is InChI=1S/C18H31N3O4.C4H10.C3H8/c1-5-14(3)21-10-7-6-8-15(21)17(23)19-12-16(22)20(4)11-9-13(2)18(24)25;1-3-4-2;1-3-2/h9,14-15H,5-8,10-12H2,1-4H3,(H,19,23)(H,24,25);3-4H2,1-2H3;3H2,1-2H3/b13-9+;;. The third-order valence-electron chi connectivity index (χ3n) is 5.35. The molecule has 0 aromatic heterocycles. The number of carboxylic acids is 1. The number of carbonyl (C=O) groups excluding carboxylic acids is 2. The molecule has 1 aliphatic heterocycles. The highest BCUT2D eigenvalue weighted by Gasteiger charge is 2.31. The second-order valence-corrected chi connectivity index (χ2v) is 8.40. The van der Waals surface area contributed by atoms with E-state index in [9.17, 15) is 14.4 Å². The molecule has 1 fully saturated rings. The van der Waals surface area contributed by atoms with E-state index in [2.05, 4.69) is 51.8 Å². The van der Waals surface area contributed by atoms with Crippen molar-refractivity contribution in [3.05, 3.63) is 11.6 Å². The summed E-state index contributed by atoms with van der Waals surface area (Å²) in [4.78, 5) is 39.0. The van der Waals surface area contributed by atoms with Crippen LogP contribution in [0, 0.1) is 0 Å². The lowest BCUT2D eigenvalue weighted by atomic mass is 9.98. The summed E-state index contributed by atoms with van der Waals surface area (Å²) in [6.45, 7) is 15.4. The molecule has 1 saturated heterocycles. The van der Waals surface area contributed by atoms with Crippen LogP contribution in [0.2, 0.25) is 0 Å². The first kappa shape index (κ1) is 32.3. The number of hydrogen-bond acceptors (Lipinski definition) is 4. The summed E-state index contributed by atoms with van der Waals surface area (Å²) in [6.07, 6.45) is 9.30. The Morgan fingerprint density at radius 2 is 1.69 bits per heavy atom. The lowest BCUT2D eigenvalue weighted by Gasteiger charge is -2.38. The van der Waals surface area contributed by atoms with Gasteiger partial charge in [0.1, 0.15) is 0 Å². The van der Waals surface area contributed by atoms with Crippen LogP contribution in [-0.2, 0) is 14.4 Å². The molecule has 0 radical (unpaired) electrons. The summed E-state index contributed by atoms with van der Waals surface area (Å²) in [7, 11) is 1.59. The van der Waals surface area contributed by atoms with Gasteiger partial charge >= 0.3 is 5.97 Å². The van der Waals surface area contributed by atoms with Crippen molar-refractivity contribution in [1.82, 2.24) is 15.1 Å². The van der Waals surface area contributed by atoms with Crippen LogP contribution in [-0.4, -0.2) is 71.5 Å². The summed E-state index contributed by atoms with van der Waals surface area (Å²) in [5, 5.41) is 11.6. The van der Waals surface area contributed by atoms with Crippen molar-refractivity contribution in [2.45, 2.75) is 105 Å². The predicted molar refractivity (Wildman–Crippen MR) is 133 cm³/mol. The first-order valence-electron chi connectivity index (χ1n) is 12.3. The second-order valence-electron chi connectivity index (χ2n) is 8.40. The molecule has 32 heavy (non-hydrogen) atoms. The number of piperidine rings is 1. The monoisotopic (exact) mass is 455 g/mol. The smallest absolute Gasteiger partial charge is 0.331 e. The van der Waals surface area contributed by atoms with Gasteiger partial charge in [-0.1, -0.05) is 66.4 Å². The summed E-state index contributed by atoms with van der Waals surface area (Å²) < 4.78 is 0. The molecule has 1 rings (SSSR count). The van der Waals surface area contributed by atoms with Crippen molar-refractivity contribution in [2.24, 2.45) is 0 Å². The van der Waals surface area contributed by atoms with Crippen molar-refractivity contribution in [2.75, 3.05) is 26.7 Å². The number of amides is 2. The topological polar surface area (TPSA) is 90.0 Å². The molecule has 188 valence electrons. The Kier molecular flexibility index (Phi) is 19.9. The molecule has 2 atom stereocenters. The summed E-state index contributed by atoms with van der Waals surface area (Å²) in [6, 6.07) is 0.175. The fourth-order valence-electron chi connectivity index (χ4n) is 2.88. The van der Waals surface area contributed by atoms with Crippen LogP contribution in [0.3, 0.4) is 0 Å². The van der Waals surface area contributed by atoms with Crippen molar-refractivity contribution in [3.63, 3.8) is 0 Å². The maximum atomic E-state index is 12.5. The largest absolute Gasteiger partial charge is 0.478 e. The number of carbonyl (C=O) groups is 3. The number of nitrogens with one attached hydrogen (secondary N) is 1. The Bertz CT molecular complexity index is 561. The highest BCUT2D eigenvalue weighted by Crippen LogP contribution is 2.21. The number of nitrogens with zero attached hydrogens (tertiary/aromatic N) is 2. The minimum absolute atomic E-state index is 0.0693. The normalized spacial score (nSPS) is 17.1. The fourth-order valence-corrected chi connectivity index (χ4v) is 2.88. The van der Waals surface area contributed by atoms with E-state index in [1.54, 1.807) is 7.05 Å². The number of aliphatic carboxylic acids is 1. The molecule has 0 spiro atoms. The molecule has 7 nitrogen and oxygen atoms in total. The maximum Gasteiger partial charge on any atom is 0.331 e. The van der Waals surface area contributed by atoms with Crippen LogP contribution in [0.15, 0.2) is 11.6 Å². The highest BCUT2D eigenvalue weighted by atomic mass is 16.4. The number of carboxylic acid groups (broad SMARTS) is 1. The van der Waals surface area contributed by atoms with E-state index in [1.165, 1.54) is 37.2 Å². The molecule has 0 saturated carbocycles. The average molecular weight is 456 g/mol. The van der Waals surface area contributed by atoms with E-state index in [-0.39, 0.29) is 36.5 Å². The van der Waals surface area contributed by atoms with Gasteiger partial charge in [-0.3, -0.25) is 14.5 Å². The molecule has 0 aromatic rings. The van der Waals surface area contributed by atoms with Crippen LogP contribution >= 0.6 is 0 Å². The summed E-state index contributed by atoms with van der Waals surface area (Å²) >= 11 is 0. The quantitative estimate of drug-likeness (QED) is 0.501. The second kappa shape index (κ2) is 19.8. The SMILES string of the molecule is CCC.CCC(C)N1CCCCC1C(=O)NCC(=O)N(C)C/C=C(\C)C(=O)O.CCCC. The molecule has 0 bridgehead atoms. The fraction of sp³-hybridized carbons (Fsp3) is 0.800. The van der Waals surface area contributed by atoms with Gasteiger partial charge in [0, 0.05) is 25.2 Å². The van der Waals surface area contributed by atoms with E-state index in [4.69, 9.17) is 5.11 Å². The van der Waals surface area contributed by atoms with Gasteiger partial charge in [0.15, 0.2) is 0 Å². The Morgan fingerprint density at radius 3 is 2.16 bits per heavy atom. The van der Waals surface area contributed by atoms with Gasteiger partial charge in [0.25, 0.3) is 0 Å². The third kappa shape index (κ3) is 14.2. The number of likely N-dealkylation sites (N-methyl/N-ethyl adjacent to an activating group) is 1. The van der Waals surface area contributed by atoms with E-state index < -0.39 is 5.97 Å². The lowest BCUT2D eigenvalue weighted by molar-refractivity contribution is -0.134. The molecule has 1 aliphatic rings. The minimum atomic E-state index is -1.00.